The lowest BCUT2D eigenvalue weighted by atomic mass is 10.1. The zero-order valence-corrected chi connectivity index (χ0v) is 15.0. The van der Waals surface area contributed by atoms with E-state index in [1.54, 1.807) is 12.0 Å². The maximum atomic E-state index is 12.4. The number of morpholine rings is 1. The normalized spacial score (nSPS) is 21.5. The van der Waals surface area contributed by atoms with Crippen LogP contribution in [0.25, 0.3) is 0 Å². The Morgan fingerprint density at radius 3 is 2.64 bits per heavy atom. The van der Waals surface area contributed by atoms with E-state index in [0.29, 0.717) is 6.54 Å². The van der Waals surface area contributed by atoms with Crippen molar-refractivity contribution in [3.05, 3.63) is 29.8 Å². The van der Waals surface area contributed by atoms with E-state index in [1.165, 1.54) is 5.56 Å². The van der Waals surface area contributed by atoms with Crippen molar-refractivity contribution in [1.29, 1.82) is 0 Å². The lowest BCUT2D eigenvalue weighted by molar-refractivity contribution is -0.139. The summed E-state index contributed by atoms with van der Waals surface area (Å²) in [6.45, 7) is 4.43. The van der Waals surface area contributed by atoms with Gasteiger partial charge in [-0.15, -0.1) is 0 Å². The van der Waals surface area contributed by atoms with Crippen molar-refractivity contribution in [2.75, 3.05) is 20.2 Å². The van der Waals surface area contributed by atoms with Gasteiger partial charge in [0, 0.05) is 12.6 Å². The van der Waals surface area contributed by atoms with E-state index < -0.39 is 12.0 Å². The molecule has 0 aliphatic carbocycles. The van der Waals surface area contributed by atoms with Gasteiger partial charge in [0.1, 0.15) is 5.75 Å². The Morgan fingerprint density at radius 1 is 1.36 bits per heavy atom. The molecule has 2 rings (SSSR count). The van der Waals surface area contributed by atoms with Gasteiger partial charge in [0.2, 0.25) is 5.91 Å². The Hall–Kier alpha value is -2.28. The van der Waals surface area contributed by atoms with Crippen molar-refractivity contribution in [1.82, 2.24) is 10.2 Å². The maximum absolute atomic E-state index is 12.4. The van der Waals surface area contributed by atoms with Gasteiger partial charge in [-0.25, -0.2) is 4.79 Å². The smallest absolute Gasteiger partial charge is 0.317 e. The first-order valence-electron chi connectivity index (χ1n) is 8.52. The molecule has 7 nitrogen and oxygen atoms in total. The number of aryl methyl sites for hydroxylation is 1. The van der Waals surface area contributed by atoms with Crippen LogP contribution in [-0.2, 0) is 16.0 Å². The highest BCUT2D eigenvalue weighted by Crippen LogP contribution is 2.14. The molecule has 1 aromatic rings. The number of nitrogens with one attached hydrogen (secondary N) is 1. The van der Waals surface area contributed by atoms with E-state index in [2.05, 4.69) is 5.32 Å². The van der Waals surface area contributed by atoms with Crippen LogP contribution in [0.3, 0.4) is 0 Å². The minimum absolute atomic E-state index is 0.0137. The molecule has 1 aromatic carbocycles. The van der Waals surface area contributed by atoms with Crippen molar-refractivity contribution >= 4 is 11.9 Å². The number of amides is 3. The van der Waals surface area contributed by atoms with Gasteiger partial charge in [0.15, 0.2) is 6.10 Å². The molecule has 0 saturated carbocycles. The minimum Gasteiger partial charge on any atom is -0.497 e. The molecule has 0 unspecified atom stereocenters. The third-order valence-corrected chi connectivity index (χ3v) is 4.26. The van der Waals surface area contributed by atoms with Crippen LogP contribution in [0.1, 0.15) is 25.8 Å². The fourth-order valence-electron chi connectivity index (χ4n) is 2.82. The van der Waals surface area contributed by atoms with Crippen LogP contribution >= 0.6 is 0 Å². The molecule has 0 aromatic heterocycles. The summed E-state index contributed by atoms with van der Waals surface area (Å²) < 4.78 is 10.6. The Bertz CT molecular complexity index is 590. The molecule has 0 bridgehead atoms. The number of rotatable bonds is 6. The fourth-order valence-corrected chi connectivity index (χ4v) is 2.82. The van der Waals surface area contributed by atoms with Crippen molar-refractivity contribution < 1.29 is 19.1 Å². The Balaban J connectivity index is 1.81. The Morgan fingerprint density at radius 2 is 2.04 bits per heavy atom. The topological polar surface area (TPSA) is 93.9 Å². The zero-order chi connectivity index (χ0) is 18.4. The highest BCUT2D eigenvalue weighted by atomic mass is 16.5. The van der Waals surface area contributed by atoms with Crippen LogP contribution in [0, 0.1) is 0 Å². The molecule has 25 heavy (non-hydrogen) atoms. The predicted molar refractivity (Wildman–Crippen MR) is 94.4 cm³/mol. The molecule has 7 heteroatoms. The van der Waals surface area contributed by atoms with E-state index in [9.17, 15) is 9.59 Å². The van der Waals surface area contributed by atoms with Crippen molar-refractivity contribution in [3.63, 3.8) is 0 Å². The number of primary amides is 1. The third kappa shape index (κ3) is 5.63. The number of hydrogen-bond acceptors (Lipinski definition) is 4. The number of carbonyl (C=O) groups is 2. The van der Waals surface area contributed by atoms with Gasteiger partial charge in [-0.1, -0.05) is 12.1 Å². The van der Waals surface area contributed by atoms with Crippen molar-refractivity contribution in [2.45, 2.75) is 44.9 Å². The Labute approximate surface area is 148 Å². The molecule has 1 saturated heterocycles. The first-order chi connectivity index (χ1) is 11.9. The molecule has 0 spiro atoms. The summed E-state index contributed by atoms with van der Waals surface area (Å²) in [5.41, 5.74) is 6.49. The summed E-state index contributed by atoms with van der Waals surface area (Å²) in [6.07, 6.45) is 0.710. The summed E-state index contributed by atoms with van der Waals surface area (Å²) in [7, 11) is 1.64. The van der Waals surface area contributed by atoms with Gasteiger partial charge in [-0.3, -0.25) is 4.79 Å². The fraction of sp³-hybridized carbons (Fsp3) is 0.556. The second-order valence-corrected chi connectivity index (χ2v) is 6.48. The lowest BCUT2D eigenvalue weighted by Gasteiger charge is -2.36. The van der Waals surface area contributed by atoms with E-state index in [-0.39, 0.29) is 24.7 Å². The maximum Gasteiger partial charge on any atom is 0.317 e. The number of carbonyl (C=O) groups excluding carboxylic acids is 2. The Kier molecular flexibility index (Phi) is 6.64. The van der Waals surface area contributed by atoms with Crippen molar-refractivity contribution in [2.24, 2.45) is 5.73 Å². The standard InChI is InChI=1S/C18H27N3O4/c1-12(4-5-14-6-8-15(24-3)9-7-14)20-18(23)21-10-13(2)25-16(11-21)17(19)22/h6-9,12-13,16H,4-5,10-11H2,1-3H3,(H2,19,22)(H,20,23)/t12-,13+,16-/m0/s1. The van der Waals surface area contributed by atoms with Crippen LogP contribution in [0.2, 0.25) is 0 Å². The van der Waals surface area contributed by atoms with E-state index in [4.69, 9.17) is 15.2 Å². The summed E-state index contributed by atoms with van der Waals surface area (Å²) in [6, 6.07) is 7.72. The average Bonchev–Trinajstić information content (AvgIpc) is 2.59. The van der Waals surface area contributed by atoms with Gasteiger partial charge < -0.3 is 25.4 Å². The molecule has 1 aliphatic heterocycles. The number of nitrogens with two attached hydrogens (primary N) is 1. The molecule has 138 valence electrons. The number of hydrogen-bond donors (Lipinski definition) is 2. The SMILES string of the molecule is COc1ccc(CC[C@H](C)NC(=O)N2C[C@@H](C)O[C@H](C(N)=O)C2)cc1. The van der Waals surface area contributed by atoms with Crippen LogP contribution < -0.4 is 15.8 Å². The second kappa shape index (κ2) is 8.71. The number of ether oxygens (including phenoxy) is 2. The first kappa shape index (κ1) is 19.1. The number of methoxy groups -OCH3 is 1. The van der Waals surface area contributed by atoms with Crippen LogP contribution in [0.5, 0.6) is 5.75 Å². The molecular weight excluding hydrogens is 322 g/mol. The lowest BCUT2D eigenvalue weighted by Crippen LogP contribution is -2.56. The van der Waals surface area contributed by atoms with Gasteiger partial charge >= 0.3 is 6.03 Å². The quantitative estimate of drug-likeness (QED) is 0.809. The number of urea groups is 1. The first-order valence-corrected chi connectivity index (χ1v) is 8.52. The van der Waals surface area contributed by atoms with Gasteiger partial charge in [-0.2, -0.15) is 0 Å². The summed E-state index contributed by atoms with van der Waals surface area (Å²) >= 11 is 0. The minimum atomic E-state index is -0.746. The monoisotopic (exact) mass is 349 g/mol. The highest BCUT2D eigenvalue weighted by Gasteiger charge is 2.31. The molecular formula is C18H27N3O4. The number of benzene rings is 1. The predicted octanol–water partition coefficient (Wildman–Crippen LogP) is 1.30. The van der Waals surface area contributed by atoms with Crippen LogP contribution in [0.4, 0.5) is 4.79 Å². The molecule has 3 amide bonds. The molecule has 3 N–H and O–H groups in total. The molecule has 1 aliphatic rings. The number of nitrogens with zero attached hydrogens (tertiary/aromatic N) is 1. The van der Waals surface area contributed by atoms with E-state index >= 15 is 0 Å². The zero-order valence-electron chi connectivity index (χ0n) is 15.0. The molecule has 1 heterocycles. The van der Waals surface area contributed by atoms with E-state index in [1.807, 2.05) is 38.1 Å². The van der Waals surface area contributed by atoms with Crippen molar-refractivity contribution in [3.8, 4) is 5.75 Å². The second-order valence-electron chi connectivity index (χ2n) is 6.48. The van der Waals surface area contributed by atoms with E-state index in [0.717, 1.165) is 18.6 Å². The summed E-state index contributed by atoms with van der Waals surface area (Å²) in [5, 5.41) is 2.98. The van der Waals surface area contributed by atoms with Crippen LogP contribution in [0.15, 0.2) is 24.3 Å². The average molecular weight is 349 g/mol. The molecule has 0 radical (unpaired) electrons. The highest BCUT2D eigenvalue weighted by molar-refractivity contribution is 5.81. The summed E-state index contributed by atoms with van der Waals surface area (Å²) in [4.78, 5) is 25.3. The van der Waals surface area contributed by atoms with Gasteiger partial charge in [0.05, 0.1) is 19.8 Å². The largest absolute Gasteiger partial charge is 0.497 e. The van der Waals surface area contributed by atoms with Gasteiger partial charge in [0.25, 0.3) is 0 Å². The summed E-state index contributed by atoms with van der Waals surface area (Å²) in [5.74, 6) is 0.285. The van der Waals surface area contributed by atoms with Gasteiger partial charge in [-0.05, 0) is 44.4 Å². The third-order valence-electron chi connectivity index (χ3n) is 4.26. The molecule has 1 fully saturated rings. The molecule has 3 atom stereocenters. The van der Waals surface area contributed by atoms with Crippen LogP contribution in [-0.4, -0.2) is 55.3 Å².